The van der Waals surface area contributed by atoms with Gasteiger partial charge in [-0.05, 0) is 41.1 Å². The molecular formula is C17H14FNO. The fourth-order valence-electron chi connectivity index (χ4n) is 2.16. The Bertz CT molecular complexity index is 755. The molecule has 0 aromatic heterocycles. The predicted molar refractivity (Wildman–Crippen MR) is 78.3 cm³/mol. The van der Waals surface area contributed by atoms with Gasteiger partial charge in [0, 0.05) is 12.1 Å². The van der Waals surface area contributed by atoms with Crippen LogP contribution in [0.1, 0.15) is 5.56 Å². The normalized spacial score (nSPS) is 10.7. The van der Waals surface area contributed by atoms with Crippen molar-refractivity contribution in [3.63, 3.8) is 0 Å². The molecule has 3 aromatic carbocycles. The van der Waals surface area contributed by atoms with Crippen LogP contribution in [-0.2, 0) is 6.54 Å². The van der Waals surface area contributed by atoms with E-state index in [1.165, 1.54) is 12.1 Å². The third kappa shape index (κ3) is 2.49. The first-order valence-electron chi connectivity index (χ1n) is 6.41. The molecule has 0 spiro atoms. The summed E-state index contributed by atoms with van der Waals surface area (Å²) in [6.07, 6.45) is 0. The van der Waals surface area contributed by atoms with Crippen LogP contribution >= 0.6 is 0 Å². The molecule has 0 bridgehead atoms. The molecule has 0 radical (unpaired) electrons. The molecule has 0 aliphatic heterocycles. The van der Waals surface area contributed by atoms with Gasteiger partial charge in [-0.25, -0.2) is 4.39 Å². The van der Waals surface area contributed by atoms with Crippen LogP contribution in [0.5, 0.6) is 11.5 Å². The second-order valence-corrected chi connectivity index (χ2v) is 4.57. The summed E-state index contributed by atoms with van der Waals surface area (Å²) in [5.74, 6) is 0.991. The lowest BCUT2D eigenvalue weighted by molar-refractivity contribution is 0.474. The highest BCUT2D eigenvalue weighted by Gasteiger charge is 2.06. The fraction of sp³-hybridized carbons (Fsp3) is 0.0588. The third-order valence-corrected chi connectivity index (χ3v) is 3.19. The molecule has 3 rings (SSSR count). The zero-order valence-corrected chi connectivity index (χ0v) is 10.8. The first-order chi connectivity index (χ1) is 9.76. The van der Waals surface area contributed by atoms with E-state index in [-0.39, 0.29) is 12.4 Å². The lowest BCUT2D eigenvalue weighted by Crippen LogP contribution is -2.00. The first kappa shape index (κ1) is 12.6. The minimum Gasteiger partial charge on any atom is -0.457 e. The number of benzene rings is 3. The molecule has 0 fully saturated rings. The van der Waals surface area contributed by atoms with Gasteiger partial charge in [-0.1, -0.05) is 30.3 Å². The molecule has 0 atom stereocenters. The number of hydrogen-bond donors (Lipinski definition) is 1. The molecule has 2 nitrogen and oxygen atoms in total. The highest BCUT2D eigenvalue weighted by Crippen LogP contribution is 2.28. The molecule has 0 saturated carbocycles. The second kappa shape index (κ2) is 5.31. The number of rotatable bonds is 3. The van der Waals surface area contributed by atoms with Crippen molar-refractivity contribution < 1.29 is 9.13 Å². The van der Waals surface area contributed by atoms with Crippen LogP contribution in [0.4, 0.5) is 4.39 Å². The van der Waals surface area contributed by atoms with Gasteiger partial charge >= 0.3 is 0 Å². The van der Waals surface area contributed by atoms with E-state index >= 15 is 0 Å². The van der Waals surface area contributed by atoms with Crippen LogP contribution < -0.4 is 10.5 Å². The lowest BCUT2D eigenvalue weighted by Gasteiger charge is -2.10. The maximum absolute atomic E-state index is 13.2. The zero-order valence-electron chi connectivity index (χ0n) is 10.8. The molecule has 100 valence electrons. The number of nitrogens with two attached hydrogens (primary N) is 1. The van der Waals surface area contributed by atoms with E-state index in [0.29, 0.717) is 17.1 Å². The number of ether oxygens (including phenoxy) is 1. The van der Waals surface area contributed by atoms with E-state index in [0.717, 1.165) is 10.8 Å². The Morgan fingerprint density at radius 2 is 1.70 bits per heavy atom. The summed E-state index contributed by atoms with van der Waals surface area (Å²) in [6, 6.07) is 18.3. The molecule has 0 unspecified atom stereocenters. The van der Waals surface area contributed by atoms with Crippen molar-refractivity contribution in [2.75, 3.05) is 0 Å². The van der Waals surface area contributed by atoms with Gasteiger partial charge in [-0.2, -0.15) is 0 Å². The number of fused-ring (bicyclic) bond motifs is 1. The standard InChI is InChI=1S/C17H14FNO/c18-15-6-8-17(14(9-15)11-19)20-16-7-5-12-3-1-2-4-13(12)10-16/h1-10H,11,19H2. The Morgan fingerprint density at radius 3 is 2.50 bits per heavy atom. The lowest BCUT2D eigenvalue weighted by atomic mass is 10.1. The topological polar surface area (TPSA) is 35.2 Å². The molecule has 2 N–H and O–H groups in total. The van der Waals surface area contributed by atoms with E-state index < -0.39 is 0 Å². The van der Waals surface area contributed by atoms with E-state index in [1.807, 2.05) is 42.5 Å². The molecule has 0 aliphatic rings. The Labute approximate surface area is 116 Å². The van der Waals surface area contributed by atoms with Crippen molar-refractivity contribution in [2.45, 2.75) is 6.54 Å². The summed E-state index contributed by atoms with van der Waals surface area (Å²) < 4.78 is 19.0. The van der Waals surface area contributed by atoms with Crippen LogP contribution in [0.15, 0.2) is 60.7 Å². The molecule has 0 amide bonds. The highest BCUT2D eigenvalue weighted by molar-refractivity contribution is 5.83. The smallest absolute Gasteiger partial charge is 0.132 e. The van der Waals surface area contributed by atoms with Gasteiger partial charge in [0.15, 0.2) is 0 Å². The van der Waals surface area contributed by atoms with Crippen molar-refractivity contribution in [1.29, 1.82) is 0 Å². The van der Waals surface area contributed by atoms with Crippen LogP contribution in [0.3, 0.4) is 0 Å². The Hall–Kier alpha value is -2.39. The zero-order chi connectivity index (χ0) is 13.9. The third-order valence-electron chi connectivity index (χ3n) is 3.19. The molecule has 0 aliphatic carbocycles. The van der Waals surface area contributed by atoms with E-state index in [1.54, 1.807) is 6.07 Å². The van der Waals surface area contributed by atoms with Gasteiger partial charge in [0.2, 0.25) is 0 Å². The summed E-state index contributed by atoms with van der Waals surface area (Å²) in [6.45, 7) is 0.237. The summed E-state index contributed by atoms with van der Waals surface area (Å²) in [5.41, 5.74) is 6.27. The second-order valence-electron chi connectivity index (χ2n) is 4.57. The van der Waals surface area contributed by atoms with Gasteiger partial charge in [-0.15, -0.1) is 0 Å². The summed E-state index contributed by atoms with van der Waals surface area (Å²) in [5, 5.41) is 2.25. The van der Waals surface area contributed by atoms with Crippen LogP contribution in [0.25, 0.3) is 10.8 Å². The highest BCUT2D eigenvalue weighted by atomic mass is 19.1. The minimum absolute atomic E-state index is 0.237. The first-order valence-corrected chi connectivity index (χ1v) is 6.41. The maximum Gasteiger partial charge on any atom is 0.132 e. The summed E-state index contributed by atoms with van der Waals surface area (Å²) >= 11 is 0. The van der Waals surface area contributed by atoms with Crippen molar-refractivity contribution in [3.05, 3.63) is 72.0 Å². The molecule has 3 aromatic rings. The van der Waals surface area contributed by atoms with Crippen LogP contribution in [-0.4, -0.2) is 0 Å². The monoisotopic (exact) mass is 267 g/mol. The van der Waals surface area contributed by atoms with E-state index in [4.69, 9.17) is 10.5 Å². The molecule has 0 saturated heterocycles. The van der Waals surface area contributed by atoms with Gasteiger partial charge in [0.1, 0.15) is 17.3 Å². The average molecular weight is 267 g/mol. The van der Waals surface area contributed by atoms with Crippen molar-refractivity contribution in [3.8, 4) is 11.5 Å². The van der Waals surface area contributed by atoms with Crippen molar-refractivity contribution >= 4 is 10.8 Å². The van der Waals surface area contributed by atoms with Crippen LogP contribution in [0, 0.1) is 5.82 Å². The Balaban J connectivity index is 1.96. The minimum atomic E-state index is -0.309. The average Bonchev–Trinajstić information content (AvgIpc) is 2.49. The van der Waals surface area contributed by atoms with Crippen LogP contribution in [0.2, 0.25) is 0 Å². The van der Waals surface area contributed by atoms with Gasteiger partial charge in [0.05, 0.1) is 0 Å². The predicted octanol–water partition coefficient (Wildman–Crippen LogP) is 4.23. The largest absolute Gasteiger partial charge is 0.457 e. The van der Waals surface area contributed by atoms with E-state index in [2.05, 4.69) is 0 Å². The summed E-state index contributed by atoms with van der Waals surface area (Å²) in [4.78, 5) is 0. The van der Waals surface area contributed by atoms with Gasteiger partial charge < -0.3 is 10.5 Å². The Kier molecular flexibility index (Phi) is 3.35. The van der Waals surface area contributed by atoms with E-state index in [9.17, 15) is 4.39 Å². The molecule has 20 heavy (non-hydrogen) atoms. The van der Waals surface area contributed by atoms with Gasteiger partial charge in [-0.3, -0.25) is 0 Å². The molecular weight excluding hydrogens is 253 g/mol. The Morgan fingerprint density at radius 1 is 0.900 bits per heavy atom. The molecule has 0 heterocycles. The summed E-state index contributed by atoms with van der Waals surface area (Å²) in [7, 11) is 0. The SMILES string of the molecule is NCc1cc(F)ccc1Oc1ccc2ccccc2c1. The van der Waals surface area contributed by atoms with Gasteiger partial charge in [0.25, 0.3) is 0 Å². The maximum atomic E-state index is 13.2. The van der Waals surface area contributed by atoms with Crippen molar-refractivity contribution in [1.82, 2.24) is 0 Å². The number of halogens is 1. The molecule has 3 heteroatoms. The van der Waals surface area contributed by atoms with Crippen molar-refractivity contribution in [2.24, 2.45) is 5.73 Å². The quantitative estimate of drug-likeness (QED) is 0.770. The fourth-order valence-corrected chi connectivity index (χ4v) is 2.16. The number of hydrogen-bond acceptors (Lipinski definition) is 2.